The maximum atomic E-state index is 5.19. The number of fused-ring (bicyclic) bond motifs is 6. The molecule has 0 fully saturated rings. The molecule has 168 valence electrons. The van der Waals surface area contributed by atoms with Crippen molar-refractivity contribution < 1.29 is 0 Å². The van der Waals surface area contributed by atoms with Crippen molar-refractivity contribution in [1.29, 1.82) is 0 Å². The topological polar surface area (TPSA) is 43.1 Å². The van der Waals surface area contributed by atoms with Crippen LogP contribution in [0, 0.1) is 0 Å². The minimum absolute atomic E-state index is 0.0230. The van der Waals surface area contributed by atoms with Crippen molar-refractivity contribution in [1.82, 2.24) is 19.4 Å². The first-order valence-corrected chi connectivity index (χ1v) is 12.0. The van der Waals surface area contributed by atoms with E-state index in [1.54, 1.807) is 0 Å². The van der Waals surface area contributed by atoms with Gasteiger partial charge in [-0.2, -0.15) is 0 Å². The Bertz CT molecular complexity index is 1380. The summed E-state index contributed by atoms with van der Waals surface area (Å²) in [7, 11) is 0. The summed E-state index contributed by atoms with van der Waals surface area (Å²) in [5.74, 6) is 1.58. The summed E-state index contributed by atoms with van der Waals surface area (Å²) in [6.07, 6.45) is 2.45. The minimum atomic E-state index is -0.139. The molecule has 0 spiro atoms. The molecule has 4 aromatic rings. The van der Waals surface area contributed by atoms with Gasteiger partial charge in [0, 0.05) is 16.5 Å². The van der Waals surface area contributed by atoms with E-state index in [2.05, 4.69) is 91.0 Å². The summed E-state index contributed by atoms with van der Waals surface area (Å²) in [5.41, 5.74) is 8.00. The molecule has 3 aromatic heterocycles. The smallest absolute Gasteiger partial charge is 0.165 e. The Morgan fingerprint density at radius 1 is 0.938 bits per heavy atom. The summed E-state index contributed by atoms with van der Waals surface area (Å²) in [4.78, 5) is 15.3. The molecule has 1 unspecified atom stereocenters. The summed E-state index contributed by atoms with van der Waals surface area (Å²) in [5, 5.41) is 1.02. The normalized spacial score (nSPS) is 19.1. The second kappa shape index (κ2) is 6.52. The molecule has 1 atom stereocenters. The molecule has 0 radical (unpaired) electrons. The molecule has 5 rings (SSSR count). The minimum Gasteiger partial charge on any atom is -0.279 e. The quantitative estimate of drug-likeness (QED) is 0.297. The molecule has 3 heterocycles. The molecule has 1 aliphatic carbocycles. The van der Waals surface area contributed by atoms with Crippen molar-refractivity contribution in [3.8, 4) is 0 Å². The Morgan fingerprint density at radius 2 is 1.66 bits per heavy atom. The Balaban J connectivity index is 1.93. The number of aromatic nitrogens is 4. The number of hydrogen-bond acceptors (Lipinski definition) is 3. The van der Waals surface area contributed by atoms with E-state index in [9.17, 15) is 0 Å². The number of rotatable bonds is 0. The first kappa shape index (κ1) is 21.4. The van der Waals surface area contributed by atoms with Gasteiger partial charge < -0.3 is 0 Å². The Morgan fingerprint density at radius 3 is 2.31 bits per heavy atom. The Hall–Kier alpha value is -2.49. The van der Waals surface area contributed by atoms with Gasteiger partial charge in [-0.15, -0.1) is 0 Å². The molecular formula is C28H36N4. The second-order valence-electron chi connectivity index (χ2n) is 12.5. The van der Waals surface area contributed by atoms with E-state index in [-0.39, 0.29) is 16.2 Å². The van der Waals surface area contributed by atoms with E-state index < -0.39 is 0 Å². The van der Waals surface area contributed by atoms with E-state index in [0.29, 0.717) is 5.92 Å². The highest BCUT2D eigenvalue weighted by Gasteiger charge is 2.33. The molecular weight excluding hydrogens is 392 g/mol. The van der Waals surface area contributed by atoms with Crippen LogP contribution in [-0.2, 0) is 16.2 Å². The molecule has 32 heavy (non-hydrogen) atoms. The molecule has 1 aromatic carbocycles. The zero-order valence-corrected chi connectivity index (χ0v) is 21.1. The number of imidazole rings is 1. The SMILES string of the molecule is CC1CCC(C)(C)c2cc3nc4c5ccc(C(C)(C)C)nc5nc(C(C)(C)C)n4c3cc21. The highest BCUT2D eigenvalue weighted by molar-refractivity contribution is 5.95. The predicted molar refractivity (Wildman–Crippen MR) is 134 cm³/mol. The van der Waals surface area contributed by atoms with Crippen LogP contribution in [0.15, 0.2) is 24.3 Å². The lowest BCUT2D eigenvalue weighted by Crippen LogP contribution is -2.25. The monoisotopic (exact) mass is 428 g/mol. The third-order valence-corrected chi connectivity index (χ3v) is 7.27. The van der Waals surface area contributed by atoms with E-state index in [1.165, 1.54) is 29.5 Å². The molecule has 4 nitrogen and oxygen atoms in total. The molecule has 0 N–H and O–H groups in total. The van der Waals surface area contributed by atoms with Crippen LogP contribution in [0.5, 0.6) is 0 Å². The molecule has 0 saturated heterocycles. The van der Waals surface area contributed by atoms with Crippen molar-refractivity contribution >= 4 is 27.7 Å². The van der Waals surface area contributed by atoms with Crippen molar-refractivity contribution in [2.24, 2.45) is 0 Å². The maximum absolute atomic E-state index is 5.19. The van der Waals surface area contributed by atoms with Crippen LogP contribution >= 0.6 is 0 Å². The van der Waals surface area contributed by atoms with Gasteiger partial charge in [-0.3, -0.25) is 4.40 Å². The first-order chi connectivity index (χ1) is 14.8. The third-order valence-electron chi connectivity index (χ3n) is 7.27. The van der Waals surface area contributed by atoms with Gasteiger partial charge in [0.15, 0.2) is 11.3 Å². The Kier molecular flexibility index (Phi) is 4.35. The number of hydrogen-bond donors (Lipinski definition) is 0. The summed E-state index contributed by atoms with van der Waals surface area (Å²) in [6.45, 7) is 20.4. The lowest BCUT2D eigenvalue weighted by atomic mass is 9.69. The largest absolute Gasteiger partial charge is 0.279 e. The van der Waals surface area contributed by atoms with Crippen LogP contribution in [0.4, 0.5) is 0 Å². The predicted octanol–water partition coefficient (Wildman–Crippen LogP) is 7.20. The standard InChI is InChI=1S/C28H36N4/c1-16-12-13-28(8,9)19-15-20-21(14-18(16)19)32-24(29-20)17-10-11-22(26(2,3)4)30-23(17)31-25(32)27(5,6)7/h10-11,14-16H,12-13H2,1-9H3. The lowest BCUT2D eigenvalue weighted by molar-refractivity contribution is 0.403. The van der Waals surface area contributed by atoms with Crippen molar-refractivity contribution in [3.63, 3.8) is 0 Å². The van der Waals surface area contributed by atoms with Crippen LogP contribution in [0.1, 0.15) is 104 Å². The fraction of sp³-hybridized carbons (Fsp3) is 0.536. The molecule has 0 aliphatic heterocycles. The second-order valence-corrected chi connectivity index (χ2v) is 12.5. The van der Waals surface area contributed by atoms with Gasteiger partial charge in [0.05, 0.1) is 16.4 Å². The molecule has 0 bridgehead atoms. The van der Waals surface area contributed by atoms with Crippen LogP contribution in [0.2, 0.25) is 0 Å². The molecule has 0 saturated carbocycles. The Labute approximate surface area is 191 Å². The van der Waals surface area contributed by atoms with E-state index in [0.717, 1.165) is 33.7 Å². The van der Waals surface area contributed by atoms with Gasteiger partial charge >= 0.3 is 0 Å². The average molecular weight is 429 g/mol. The van der Waals surface area contributed by atoms with E-state index >= 15 is 0 Å². The number of benzene rings is 1. The lowest BCUT2D eigenvalue weighted by Gasteiger charge is -2.36. The average Bonchev–Trinajstić information content (AvgIpc) is 3.06. The van der Waals surface area contributed by atoms with Gasteiger partial charge in [0.2, 0.25) is 0 Å². The fourth-order valence-electron chi connectivity index (χ4n) is 5.18. The first-order valence-electron chi connectivity index (χ1n) is 12.0. The highest BCUT2D eigenvalue weighted by Crippen LogP contribution is 2.44. The molecule has 1 aliphatic rings. The van der Waals surface area contributed by atoms with Crippen LogP contribution in [0.3, 0.4) is 0 Å². The maximum Gasteiger partial charge on any atom is 0.165 e. The van der Waals surface area contributed by atoms with E-state index in [1.807, 2.05) is 0 Å². The van der Waals surface area contributed by atoms with Crippen molar-refractivity contribution in [3.05, 3.63) is 46.9 Å². The molecule has 4 heteroatoms. The fourth-order valence-corrected chi connectivity index (χ4v) is 5.18. The van der Waals surface area contributed by atoms with Crippen LogP contribution in [0.25, 0.3) is 27.7 Å². The number of pyridine rings is 1. The van der Waals surface area contributed by atoms with E-state index in [4.69, 9.17) is 15.0 Å². The van der Waals surface area contributed by atoms with Gasteiger partial charge in [0.25, 0.3) is 0 Å². The summed E-state index contributed by atoms with van der Waals surface area (Å²) < 4.78 is 2.30. The van der Waals surface area contributed by atoms with Crippen molar-refractivity contribution in [2.45, 2.75) is 97.3 Å². The zero-order chi connectivity index (χ0) is 23.2. The zero-order valence-electron chi connectivity index (χ0n) is 21.1. The van der Waals surface area contributed by atoms with Gasteiger partial charge in [-0.05, 0) is 59.6 Å². The van der Waals surface area contributed by atoms with Crippen molar-refractivity contribution in [2.75, 3.05) is 0 Å². The van der Waals surface area contributed by atoms with Gasteiger partial charge in [0.1, 0.15) is 5.82 Å². The van der Waals surface area contributed by atoms with Crippen LogP contribution in [-0.4, -0.2) is 19.4 Å². The van der Waals surface area contributed by atoms with Gasteiger partial charge in [-0.25, -0.2) is 15.0 Å². The van der Waals surface area contributed by atoms with Crippen LogP contribution < -0.4 is 0 Å². The third kappa shape index (κ3) is 3.14. The summed E-state index contributed by atoms with van der Waals surface area (Å²) in [6, 6.07) is 9.05. The molecule has 0 amide bonds. The highest BCUT2D eigenvalue weighted by atomic mass is 15.1. The number of nitrogens with zero attached hydrogens (tertiary/aromatic N) is 4. The summed E-state index contributed by atoms with van der Waals surface area (Å²) >= 11 is 0. The van der Waals surface area contributed by atoms with Gasteiger partial charge in [-0.1, -0.05) is 62.3 Å².